The summed E-state index contributed by atoms with van der Waals surface area (Å²) in [5.74, 6) is 0.377. The Hall–Kier alpha value is -1.08. The van der Waals surface area contributed by atoms with Crippen molar-refractivity contribution in [2.24, 2.45) is 5.73 Å². The minimum absolute atomic E-state index is 0.0620. The SMILES string of the molecule is CN(Cc1cc(CN)no1)CC(F)(F)F. The number of rotatable bonds is 4. The second-order valence-corrected chi connectivity index (χ2v) is 3.28. The first-order chi connectivity index (χ1) is 6.90. The maximum atomic E-state index is 12.0. The van der Waals surface area contributed by atoms with Gasteiger partial charge in [0.2, 0.25) is 0 Å². The molecular formula is C8H12F3N3O. The van der Waals surface area contributed by atoms with Gasteiger partial charge >= 0.3 is 6.18 Å². The third-order valence-corrected chi connectivity index (χ3v) is 1.69. The summed E-state index contributed by atoms with van der Waals surface area (Å²) in [7, 11) is 1.36. The molecule has 15 heavy (non-hydrogen) atoms. The zero-order valence-corrected chi connectivity index (χ0v) is 8.21. The zero-order chi connectivity index (χ0) is 11.5. The molecule has 0 aliphatic carbocycles. The van der Waals surface area contributed by atoms with Crippen LogP contribution in [0.1, 0.15) is 11.5 Å². The van der Waals surface area contributed by atoms with Gasteiger partial charge in [0.25, 0.3) is 0 Å². The first-order valence-corrected chi connectivity index (χ1v) is 4.30. The molecule has 0 atom stereocenters. The zero-order valence-electron chi connectivity index (χ0n) is 8.21. The van der Waals surface area contributed by atoms with E-state index in [1.807, 2.05) is 0 Å². The van der Waals surface area contributed by atoms with E-state index in [0.29, 0.717) is 11.5 Å². The molecule has 1 aromatic rings. The lowest BCUT2D eigenvalue weighted by Gasteiger charge is -2.16. The van der Waals surface area contributed by atoms with Crippen LogP contribution in [0.3, 0.4) is 0 Å². The molecule has 2 N–H and O–H groups in total. The molecule has 0 aliphatic heterocycles. The minimum Gasteiger partial charge on any atom is -0.360 e. The Morgan fingerprint density at radius 2 is 2.20 bits per heavy atom. The average Bonchev–Trinajstić information content (AvgIpc) is 2.48. The van der Waals surface area contributed by atoms with Crippen molar-refractivity contribution in [3.63, 3.8) is 0 Å². The van der Waals surface area contributed by atoms with E-state index < -0.39 is 12.7 Å². The van der Waals surface area contributed by atoms with Crippen LogP contribution >= 0.6 is 0 Å². The van der Waals surface area contributed by atoms with Crippen LogP contribution in [0.25, 0.3) is 0 Å². The monoisotopic (exact) mass is 223 g/mol. The summed E-state index contributed by atoms with van der Waals surface area (Å²) < 4.78 is 40.7. The molecule has 0 aromatic carbocycles. The Balaban J connectivity index is 2.47. The van der Waals surface area contributed by atoms with Gasteiger partial charge in [-0.1, -0.05) is 5.16 Å². The van der Waals surface area contributed by atoms with E-state index in [4.69, 9.17) is 10.3 Å². The number of hydrogen-bond acceptors (Lipinski definition) is 4. The average molecular weight is 223 g/mol. The maximum Gasteiger partial charge on any atom is 0.401 e. The largest absolute Gasteiger partial charge is 0.401 e. The summed E-state index contributed by atoms with van der Waals surface area (Å²) in [4.78, 5) is 1.10. The number of hydrogen-bond donors (Lipinski definition) is 1. The molecule has 0 spiro atoms. The van der Waals surface area contributed by atoms with E-state index in [2.05, 4.69) is 5.16 Å². The Bertz CT molecular complexity index is 310. The van der Waals surface area contributed by atoms with Crippen molar-refractivity contribution in [3.8, 4) is 0 Å². The number of halogens is 3. The van der Waals surface area contributed by atoms with E-state index in [0.717, 1.165) is 4.90 Å². The second kappa shape index (κ2) is 4.63. The van der Waals surface area contributed by atoms with Gasteiger partial charge in [-0.2, -0.15) is 13.2 Å². The van der Waals surface area contributed by atoms with Crippen LogP contribution in [0, 0.1) is 0 Å². The van der Waals surface area contributed by atoms with Crippen molar-refractivity contribution >= 4 is 0 Å². The first kappa shape index (κ1) is 12.0. The Kier molecular flexibility index (Phi) is 3.70. The van der Waals surface area contributed by atoms with Crippen molar-refractivity contribution in [1.82, 2.24) is 10.1 Å². The Morgan fingerprint density at radius 3 is 2.67 bits per heavy atom. The fourth-order valence-corrected chi connectivity index (χ4v) is 1.15. The summed E-state index contributed by atoms with van der Waals surface area (Å²) in [5.41, 5.74) is 5.81. The highest BCUT2D eigenvalue weighted by molar-refractivity contribution is 5.04. The topological polar surface area (TPSA) is 55.3 Å². The van der Waals surface area contributed by atoms with Crippen molar-refractivity contribution in [1.29, 1.82) is 0 Å². The van der Waals surface area contributed by atoms with Gasteiger partial charge in [-0.3, -0.25) is 4.90 Å². The fraction of sp³-hybridized carbons (Fsp3) is 0.625. The number of nitrogens with zero attached hydrogens (tertiary/aromatic N) is 2. The van der Waals surface area contributed by atoms with E-state index in [1.165, 1.54) is 7.05 Å². The van der Waals surface area contributed by atoms with Crippen LogP contribution < -0.4 is 5.73 Å². The lowest BCUT2D eigenvalue weighted by Crippen LogP contribution is -2.30. The molecule has 0 unspecified atom stereocenters. The van der Waals surface area contributed by atoms with Crippen LogP contribution in [0.5, 0.6) is 0 Å². The molecule has 1 heterocycles. The van der Waals surface area contributed by atoms with Gasteiger partial charge in [-0.15, -0.1) is 0 Å². The molecular weight excluding hydrogens is 211 g/mol. The third kappa shape index (κ3) is 4.30. The van der Waals surface area contributed by atoms with Crippen LogP contribution in [-0.2, 0) is 13.1 Å². The Morgan fingerprint density at radius 1 is 1.53 bits per heavy atom. The van der Waals surface area contributed by atoms with Crippen molar-refractivity contribution in [2.75, 3.05) is 13.6 Å². The molecule has 0 amide bonds. The smallest absolute Gasteiger partial charge is 0.360 e. The van der Waals surface area contributed by atoms with Gasteiger partial charge in [0, 0.05) is 12.6 Å². The van der Waals surface area contributed by atoms with Gasteiger partial charge < -0.3 is 10.3 Å². The van der Waals surface area contributed by atoms with E-state index in [9.17, 15) is 13.2 Å². The van der Waals surface area contributed by atoms with Crippen LogP contribution in [0.15, 0.2) is 10.6 Å². The molecule has 7 heteroatoms. The number of alkyl halides is 3. The summed E-state index contributed by atoms with van der Waals surface area (Å²) in [6.07, 6.45) is -4.20. The van der Waals surface area contributed by atoms with Crippen LogP contribution in [-0.4, -0.2) is 29.8 Å². The molecule has 0 fully saturated rings. The maximum absolute atomic E-state index is 12.0. The molecule has 4 nitrogen and oxygen atoms in total. The molecule has 86 valence electrons. The standard InChI is InChI=1S/C8H12F3N3O/c1-14(5-8(9,10)11)4-7-2-6(3-12)13-15-7/h2H,3-5,12H2,1H3. The quantitative estimate of drug-likeness (QED) is 0.831. The summed E-state index contributed by atoms with van der Waals surface area (Å²) in [6, 6.07) is 1.55. The molecule has 1 aromatic heterocycles. The van der Waals surface area contributed by atoms with Gasteiger partial charge in [0.15, 0.2) is 5.76 Å². The molecule has 0 aliphatic rings. The fourth-order valence-electron chi connectivity index (χ4n) is 1.15. The normalized spacial score (nSPS) is 12.4. The predicted octanol–water partition coefficient (Wildman–Crippen LogP) is 1.13. The predicted molar refractivity (Wildman–Crippen MR) is 46.8 cm³/mol. The highest BCUT2D eigenvalue weighted by Crippen LogP contribution is 2.17. The number of aromatic nitrogens is 1. The molecule has 0 saturated carbocycles. The molecule has 0 saturated heterocycles. The van der Waals surface area contributed by atoms with E-state index in [-0.39, 0.29) is 13.1 Å². The van der Waals surface area contributed by atoms with Crippen molar-refractivity contribution in [3.05, 3.63) is 17.5 Å². The van der Waals surface area contributed by atoms with Crippen molar-refractivity contribution in [2.45, 2.75) is 19.3 Å². The van der Waals surface area contributed by atoms with Crippen molar-refractivity contribution < 1.29 is 17.7 Å². The minimum atomic E-state index is -4.20. The van der Waals surface area contributed by atoms with Gasteiger partial charge in [-0.25, -0.2) is 0 Å². The lowest BCUT2D eigenvalue weighted by molar-refractivity contribution is -0.144. The van der Waals surface area contributed by atoms with Gasteiger partial charge in [0.1, 0.15) is 0 Å². The van der Waals surface area contributed by atoms with Gasteiger partial charge in [0.05, 0.1) is 18.8 Å². The summed E-state index contributed by atoms with van der Waals surface area (Å²) >= 11 is 0. The van der Waals surface area contributed by atoms with Gasteiger partial charge in [-0.05, 0) is 7.05 Å². The number of nitrogens with two attached hydrogens (primary N) is 1. The third-order valence-electron chi connectivity index (χ3n) is 1.69. The Labute approximate surface area is 84.8 Å². The lowest BCUT2D eigenvalue weighted by atomic mass is 10.3. The van der Waals surface area contributed by atoms with Crippen LogP contribution in [0.4, 0.5) is 13.2 Å². The highest BCUT2D eigenvalue weighted by Gasteiger charge is 2.29. The molecule has 0 bridgehead atoms. The molecule has 0 radical (unpaired) electrons. The van der Waals surface area contributed by atoms with E-state index >= 15 is 0 Å². The molecule has 1 rings (SSSR count). The second-order valence-electron chi connectivity index (χ2n) is 3.28. The van der Waals surface area contributed by atoms with Crippen LogP contribution in [0.2, 0.25) is 0 Å². The summed E-state index contributed by atoms with van der Waals surface area (Å²) in [6.45, 7) is -0.704. The first-order valence-electron chi connectivity index (χ1n) is 4.30. The van der Waals surface area contributed by atoms with E-state index in [1.54, 1.807) is 6.07 Å². The summed E-state index contributed by atoms with van der Waals surface area (Å²) in [5, 5.41) is 3.58. The highest BCUT2D eigenvalue weighted by atomic mass is 19.4.